The first-order valence-corrected chi connectivity index (χ1v) is 16.7. The van der Waals surface area contributed by atoms with Crippen molar-refractivity contribution in [2.45, 2.75) is 51.2 Å². The molecule has 4 aliphatic heterocycles. The number of benzene rings is 2. The van der Waals surface area contributed by atoms with Crippen molar-refractivity contribution in [3.05, 3.63) is 88.4 Å². The Morgan fingerprint density at radius 1 is 0.745 bits per heavy atom. The van der Waals surface area contributed by atoms with Gasteiger partial charge in [-0.3, -0.25) is 73.2 Å². The van der Waals surface area contributed by atoms with E-state index in [-0.39, 0.29) is 65.9 Å². The molecule has 282 valence electrons. The zero-order valence-corrected chi connectivity index (χ0v) is 28.8. The summed E-state index contributed by atoms with van der Waals surface area (Å²) < 4.78 is 9.60. The summed E-state index contributed by atoms with van der Waals surface area (Å²) in [7, 11) is 0. The lowest BCUT2D eigenvalue weighted by Gasteiger charge is -2.27. The fraction of sp³-hybridized carbons (Fsp3) is 0.250. The van der Waals surface area contributed by atoms with Crippen LogP contribution >= 0.6 is 0 Å². The Morgan fingerprint density at radius 2 is 1.31 bits per heavy atom. The SMILES string of the molecule is CC(=O)OCC(=O)Nc1cccc2c1C(=O)N(C1CCC(=O)NC1=O)C2=O.O=C1CCC(N2C(=O)c3cccc(CNC(=O)c4ccco4)c3C2=O)C(=O)N1. The number of nitrogens with one attached hydrogen (secondary N) is 4. The van der Waals surface area contributed by atoms with Gasteiger partial charge < -0.3 is 19.8 Å². The van der Waals surface area contributed by atoms with Gasteiger partial charge >= 0.3 is 5.97 Å². The molecule has 0 spiro atoms. The van der Waals surface area contributed by atoms with E-state index in [1.807, 2.05) is 0 Å². The van der Waals surface area contributed by atoms with Gasteiger partial charge in [-0.05, 0) is 48.7 Å². The maximum Gasteiger partial charge on any atom is 0.303 e. The molecule has 0 radical (unpaired) electrons. The second-order valence-corrected chi connectivity index (χ2v) is 12.5. The van der Waals surface area contributed by atoms with Crippen molar-refractivity contribution in [2.24, 2.45) is 0 Å². The molecule has 2 aromatic carbocycles. The molecule has 4 aliphatic rings. The molecule has 2 saturated heterocycles. The topological polar surface area (TPSA) is 265 Å². The van der Waals surface area contributed by atoms with Crippen LogP contribution in [0.1, 0.15) is 90.2 Å². The zero-order valence-electron chi connectivity index (χ0n) is 28.8. The highest BCUT2D eigenvalue weighted by molar-refractivity contribution is 6.26. The molecular weight excluding hydrogens is 724 g/mol. The minimum atomic E-state index is -1.10. The normalized spacial score (nSPS) is 18.9. The average Bonchev–Trinajstić information content (AvgIpc) is 3.84. The molecule has 55 heavy (non-hydrogen) atoms. The average molecular weight is 755 g/mol. The molecule has 0 aliphatic carbocycles. The summed E-state index contributed by atoms with van der Waals surface area (Å²) >= 11 is 0. The molecular formula is C36H30N6O13. The summed E-state index contributed by atoms with van der Waals surface area (Å²) in [5, 5.41) is 9.32. The number of piperidine rings is 2. The van der Waals surface area contributed by atoms with Gasteiger partial charge in [0.25, 0.3) is 35.4 Å². The Bertz CT molecular complexity index is 2210. The Hall–Kier alpha value is -7.31. The van der Waals surface area contributed by atoms with Crippen molar-refractivity contribution < 1.29 is 61.9 Å². The number of fused-ring (bicyclic) bond motifs is 2. The van der Waals surface area contributed by atoms with E-state index in [1.54, 1.807) is 18.2 Å². The number of amides is 10. The van der Waals surface area contributed by atoms with Crippen molar-refractivity contribution in [3.8, 4) is 0 Å². The number of carbonyl (C=O) groups excluding carboxylic acids is 11. The van der Waals surface area contributed by atoms with Gasteiger partial charge in [0, 0.05) is 26.3 Å². The number of esters is 1. The van der Waals surface area contributed by atoms with Crippen LogP contribution < -0.4 is 21.3 Å². The number of anilines is 1. The van der Waals surface area contributed by atoms with E-state index >= 15 is 0 Å². The molecule has 0 saturated carbocycles. The number of ether oxygens (including phenoxy) is 1. The third-order valence-electron chi connectivity index (χ3n) is 8.89. The number of carbonyl (C=O) groups is 11. The molecule has 1 aromatic heterocycles. The fourth-order valence-corrected chi connectivity index (χ4v) is 6.38. The molecule has 2 fully saturated rings. The summed E-state index contributed by atoms with van der Waals surface area (Å²) in [6, 6.07) is 9.98. The van der Waals surface area contributed by atoms with E-state index in [1.165, 1.54) is 36.6 Å². The van der Waals surface area contributed by atoms with E-state index in [2.05, 4.69) is 26.0 Å². The standard InChI is InChI=1S/C19H15N3O6.C17H15N3O7/c23-14-7-6-12(16(24)21-14)22-18(26)11-4-1-3-10(15(11)19(22)27)9-20-17(25)13-5-2-8-28-13;1-8(21)27-7-13(23)18-10-4-2-3-9-14(10)17(26)20(16(9)25)11-5-6-12(22)19-15(11)24/h1-5,8,12H,6-7,9H2,(H,20,25)(H,21,23,24);2-4,11H,5-7H2,1H3,(H,18,23)(H,19,22,24). The summed E-state index contributed by atoms with van der Waals surface area (Å²) in [6.45, 7) is 0.608. The first-order valence-electron chi connectivity index (χ1n) is 16.7. The predicted molar refractivity (Wildman–Crippen MR) is 181 cm³/mol. The quantitative estimate of drug-likeness (QED) is 0.177. The first kappa shape index (κ1) is 37.4. The summed E-state index contributed by atoms with van der Waals surface area (Å²) in [5.41, 5.74) is 0.818. The highest BCUT2D eigenvalue weighted by atomic mass is 16.5. The molecule has 5 heterocycles. The molecule has 10 amide bonds. The summed E-state index contributed by atoms with van der Waals surface area (Å²) in [6.07, 6.45) is 1.55. The number of nitrogens with zero attached hydrogens (tertiary/aromatic N) is 2. The van der Waals surface area contributed by atoms with Crippen LogP contribution in [0.15, 0.2) is 59.2 Å². The van der Waals surface area contributed by atoms with Crippen molar-refractivity contribution in [3.63, 3.8) is 0 Å². The van der Waals surface area contributed by atoms with E-state index in [0.29, 0.717) is 5.56 Å². The Labute approximate surface area is 309 Å². The molecule has 7 rings (SSSR count). The van der Waals surface area contributed by atoms with Crippen LogP contribution in [0.3, 0.4) is 0 Å². The fourth-order valence-electron chi connectivity index (χ4n) is 6.38. The summed E-state index contributed by atoms with van der Waals surface area (Å²) in [5.74, 6) is -6.57. The highest BCUT2D eigenvalue weighted by Gasteiger charge is 2.47. The summed E-state index contributed by atoms with van der Waals surface area (Å²) in [4.78, 5) is 134. The van der Waals surface area contributed by atoms with Crippen LogP contribution in [0.2, 0.25) is 0 Å². The number of imide groups is 4. The smallest absolute Gasteiger partial charge is 0.303 e. The second kappa shape index (κ2) is 15.3. The maximum absolute atomic E-state index is 12.9. The third kappa shape index (κ3) is 7.48. The maximum atomic E-state index is 12.9. The zero-order chi connectivity index (χ0) is 39.6. The van der Waals surface area contributed by atoms with E-state index < -0.39 is 83.7 Å². The van der Waals surface area contributed by atoms with Crippen LogP contribution in [0, 0.1) is 0 Å². The molecule has 3 aromatic rings. The van der Waals surface area contributed by atoms with Gasteiger partial charge in [0.2, 0.25) is 23.6 Å². The molecule has 4 N–H and O–H groups in total. The van der Waals surface area contributed by atoms with Gasteiger partial charge in [-0.1, -0.05) is 18.2 Å². The monoisotopic (exact) mass is 754 g/mol. The van der Waals surface area contributed by atoms with Crippen molar-refractivity contribution in [1.82, 2.24) is 25.8 Å². The molecule has 0 bridgehead atoms. The lowest BCUT2D eigenvalue weighted by atomic mass is 10.0. The van der Waals surface area contributed by atoms with Crippen LogP contribution in [0.25, 0.3) is 0 Å². The Balaban J connectivity index is 0.000000187. The van der Waals surface area contributed by atoms with E-state index in [9.17, 15) is 52.7 Å². The molecule has 19 nitrogen and oxygen atoms in total. The predicted octanol–water partition coefficient (Wildman–Crippen LogP) is 0.200. The molecule has 2 unspecified atom stereocenters. The molecule has 19 heteroatoms. The van der Waals surface area contributed by atoms with Crippen LogP contribution in [0.4, 0.5) is 5.69 Å². The largest absolute Gasteiger partial charge is 0.459 e. The Kier molecular flexibility index (Phi) is 10.4. The van der Waals surface area contributed by atoms with Crippen molar-refractivity contribution in [2.75, 3.05) is 11.9 Å². The van der Waals surface area contributed by atoms with Gasteiger partial charge in [-0.25, -0.2) is 0 Å². The number of rotatable bonds is 8. The van der Waals surface area contributed by atoms with E-state index in [0.717, 1.165) is 16.7 Å². The molecule has 2 atom stereocenters. The second-order valence-electron chi connectivity index (χ2n) is 12.5. The number of furan rings is 1. The third-order valence-corrected chi connectivity index (χ3v) is 8.89. The minimum absolute atomic E-state index is 0.00488. The number of hydrogen-bond donors (Lipinski definition) is 4. The van der Waals surface area contributed by atoms with Crippen molar-refractivity contribution >= 4 is 70.7 Å². The lowest BCUT2D eigenvalue weighted by Crippen LogP contribution is -2.54. The van der Waals surface area contributed by atoms with Gasteiger partial charge in [-0.2, -0.15) is 0 Å². The minimum Gasteiger partial charge on any atom is -0.459 e. The van der Waals surface area contributed by atoms with Gasteiger partial charge in [0.1, 0.15) is 12.1 Å². The van der Waals surface area contributed by atoms with Crippen LogP contribution in [0.5, 0.6) is 0 Å². The first-order chi connectivity index (χ1) is 26.3. The van der Waals surface area contributed by atoms with Gasteiger partial charge in [0.05, 0.1) is 34.2 Å². The number of hydrogen-bond acceptors (Lipinski definition) is 13. The van der Waals surface area contributed by atoms with E-state index in [4.69, 9.17) is 4.42 Å². The van der Waals surface area contributed by atoms with Crippen LogP contribution in [-0.4, -0.2) is 93.5 Å². The highest BCUT2D eigenvalue weighted by Crippen LogP contribution is 2.33. The van der Waals surface area contributed by atoms with Crippen LogP contribution in [-0.2, 0) is 40.0 Å². The Morgan fingerprint density at radius 3 is 1.85 bits per heavy atom. The van der Waals surface area contributed by atoms with Gasteiger partial charge in [-0.15, -0.1) is 0 Å². The van der Waals surface area contributed by atoms with Crippen molar-refractivity contribution in [1.29, 1.82) is 0 Å². The van der Waals surface area contributed by atoms with Gasteiger partial charge in [0.15, 0.2) is 12.4 Å². The lowest BCUT2D eigenvalue weighted by molar-refractivity contribution is -0.145.